The summed E-state index contributed by atoms with van der Waals surface area (Å²) in [5.74, 6) is -2.62. The Morgan fingerprint density at radius 3 is 2.33 bits per heavy atom. The van der Waals surface area contributed by atoms with Gasteiger partial charge in [-0.25, -0.2) is 13.2 Å². The first kappa shape index (κ1) is 6.86. The normalized spacial score (nSPS) is 41.7. The van der Waals surface area contributed by atoms with Gasteiger partial charge < -0.3 is 4.74 Å². The Balaban J connectivity index is 2.42. The molecule has 0 spiro atoms. The average molecular weight is 140 g/mol. The van der Waals surface area contributed by atoms with Gasteiger partial charge in [-0.15, -0.1) is 0 Å². The van der Waals surface area contributed by atoms with E-state index in [9.17, 15) is 13.2 Å². The van der Waals surface area contributed by atoms with Gasteiger partial charge in [0, 0.05) is 0 Å². The second-order valence-electron chi connectivity index (χ2n) is 2.01. The van der Waals surface area contributed by atoms with Crippen LogP contribution >= 0.6 is 0 Å². The molecule has 0 aromatic rings. The van der Waals surface area contributed by atoms with Crippen LogP contribution in [0.1, 0.15) is 13.3 Å². The second kappa shape index (κ2) is 1.87. The number of epoxide rings is 1. The van der Waals surface area contributed by atoms with Gasteiger partial charge >= 0.3 is 0 Å². The van der Waals surface area contributed by atoms with E-state index in [1.54, 1.807) is 6.92 Å². The van der Waals surface area contributed by atoms with Crippen molar-refractivity contribution in [1.82, 2.24) is 0 Å². The van der Waals surface area contributed by atoms with Crippen molar-refractivity contribution in [1.29, 1.82) is 0 Å². The fourth-order valence-electron chi connectivity index (χ4n) is 0.738. The van der Waals surface area contributed by atoms with Gasteiger partial charge in [0.15, 0.2) is 0 Å². The summed E-state index contributed by atoms with van der Waals surface area (Å²) in [6, 6.07) is 0. The molecule has 54 valence electrons. The fraction of sp³-hybridized carbons (Fsp3) is 1.00. The van der Waals surface area contributed by atoms with Gasteiger partial charge in [-0.2, -0.15) is 0 Å². The molecule has 4 heteroatoms. The van der Waals surface area contributed by atoms with E-state index < -0.39 is 18.4 Å². The van der Waals surface area contributed by atoms with Crippen molar-refractivity contribution >= 4 is 0 Å². The summed E-state index contributed by atoms with van der Waals surface area (Å²) in [4.78, 5) is 0. The highest BCUT2D eigenvalue weighted by molar-refractivity contribution is 4.94. The highest BCUT2D eigenvalue weighted by Gasteiger charge is 2.64. The molecule has 1 heterocycles. The minimum atomic E-state index is -3.00. The second-order valence-corrected chi connectivity index (χ2v) is 2.01. The molecular weight excluding hydrogens is 133 g/mol. The van der Waals surface area contributed by atoms with Crippen molar-refractivity contribution in [2.45, 2.75) is 31.7 Å². The third-order valence-electron chi connectivity index (χ3n) is 1.37. The Hall–Kier alpha value is -0.250. The van der Waals surface area contributed by atoms with Crippen molar-refractivity contribution < 1.29 is 17.9 Å². The summed E-state index contributed by atoms with van der Waals surface area (Å²) in [5, 5.41) is 0. The molecule has 0 N–H and O–H groups in total. The highest BCUT2D eigenvalue weighted by Crippen LogP contribution is 2.44. The largest absolute Gasteiger partial charge is 0.330 e. The smallest absolute Gasteiger partial charge is 0.299 e. The molecule has 0 bridgehead atoms. The van der Waals surface area contributed by atoms with Crippen LogP contribution in [0.3, 0.4) is 0 Å². The zero-order chi connectivity index (χ0) is 7.07. The van der Waals surface area contributed by atoms with Crippen molar-refractivity contribution in [3.8, 4) is 0 Å². The predicted octanol–water partition coefficient (Wildman–Crippen LogP) is 1.73. The molecule has 2 unspecified atom stereocenters. The van der Waals surface area contributed by atoms with Crippen LogP contribution in [-0.2, 0) is 4.74 Å². The standard InChI is InChI=1S/C5H7F3O/c1-2-3-5(8,9-3)4(6)7/h3-4H,2H2,1H3. The zero-order valence-corrected chi connectivity index (χ0v) is 4.90. The molecule has 0 aromatic heterocycles. The van der Waals surface area contributed by atoms with E-state index in [2.05, 4.69) is 4.74 Å². The van der Waals surface area contributed by atoms with Crippen LogP contribution in [-0.4, -0.2) is 18.4 Å². The summed E-state index contributed by atoms with van der Waals surface area (Å²) in [7, 11) is 0. The van der Waals surface area contributed by atoms with Gasteiger partial charge in [-0.1, -0.05) is 6.92 Å². The van der Waals surface area contributed by atoms with Crippen LogP contribution in [0.25, 0.3) is 0 Å². The fourth-order valence-corrected chi connectivity index (χ4v) is 0.738. The van der Waals surface area contributed by atoms with E-state index in [4.69, 9.17) is 0 Å². The Morgan fingerprint density at radius 1 is 1.67 bits per heavy atom. The lowest BCUT2D eigenvalue weighted by Gasteiger charge is -1.96. The molecule has 9 heavy (non-hydrogen) atoms. The zero-order valence-electron chi connectivity index (χ0n) is 4.90. The molecule has 1 fully saturated rings. The third-order valence-corrected chi connectivity index (χ3v) is 1.37. The van der Waals surface area contributed by atoms with E-state index in [1.165, 1.54) is 0 Å². The van der Waals surface area contributed by atoms with Crippen LogP contribution in [0.5, 0.6) is 0 Å². The summed E-state index contributed by atoms with van der Waals surface area (Å²) in [5.41, 5.74) is 0. The number of ether oxygens (including phenoxy) is 1. The maximum Gasteiger partial charge on any atom is 0.299 e. The summed E-state index contributed by atoms with van der Waals surface area (Å²) in [6.07, 6.45) is -3.57. The van der Waals surface area contributed by atoms with E-state index in [0.717, 1.165) is 0 Å². The summed E-state index contributed by atoms with van der Waals surface area (Å²) < 4.78 is 39.5. The molecule has 2 atom stereocenters. The lowest BCUT2D eigenvalue weighted by molar-refractivity contribution is -0.0330. The van der Waals surface area contributed by atoms with Gasteiger partial charge in [0.1, 0.15) is 6.10 Å². The van der Waals surface area contributed by atoms with E-state index >= 15 is 0 Å². The van der Waals surface area contributed by atoms with Gasteiger partial charge in [-0.3, -0.25) is 0 Å². The molecule has 0 amide bonds. The monoisotopic (exact) mass is 140 g/mol. The van der Waals surface area contributed by atoms with Crippen molar-refractivity contribution in [3.63, 3.8) is 0 Å². The van der Waals surface area contributed by atoms with Crippen LogP contribution in [0.4, 0.5) is 13.2 Å². The van der Waals surface area contributed by atoms with Crippen LogP contribution in [0, 0.1) is 0 Å². The van der Waals surface area contributed by atoms with E-state index in [-0.39, 0.29) is 0 Å². The molecule has 1 aliphatic rings. The Morgan fingerprint density at radius 2 is 2.22 bits per heavy atom. The summed E-state index contributed by atoms with van der Waals surface area (Å²) >= 11 is 0. The molecule has 0 saturated carbocycles. The van der Waals surface area contributed by atoms with Crippen molar-refractivity contribution in [2.24, 2.45) is 0 Å². The molecule has 1 rings (SSSR count). The number of hydrogen-bond acceptors (Lipinski definition) is 1. The van der Waals surface area contributed by atoms with E-state index in [0.29, 0.717) is 6.42 Å². The number of halogens is 3. The SMILES string of the molecule is CCC1OC1(F)C(F)F. The summed E-state index contributed by atoms with van der Waals surface area (Å²) in [6.45, 7) is 1.61. The number of rotatable bonds is 2. The van der Waals surface area contributed by atoms with Gasteiger partial charge in [0.2, 0.25) is 0 Å². The quantitative estimate of drug-likeness (QED) is 0.532. The third kappa shape index (κ3) is 0.913. The lowest BCUT2D eigenvalue weighted by Crippen LogP contribution is -2.18. The minimum absolute atomic E-state index is 0.306. The highest BCUT2D eigenvalue weighted by atomic mass is 19.3. The van der Waals surface area contributed by atoms with Gasteiger partial charge in [0.25, 0.3) is 12.3 Å². The number of hydrogen-bond donors (Lipinski definition) is 0. The molecule has 0 radical (unpaired) electrons. The maximum absolute atomic E-state index is 12.3. The first-order valence-electron chi connectivity index (χ1n) is 2.76. The molecule has 1 saturated heterocycles. The molecule has 0 aliphatic carbocycles. The maximum atomic E-state index is 12.3. The van der Waals surface area contributed by atoms with Gasteiger partial charge in [0.05, 0.1) is 0 Å². The van der Waals surface area contributed by atoms with Crippen molar-refractivity contribution in [3.05, 3.63) is 0 Å². The number of alkyl halides is 3. The van der Waals surface area contributed by atoms with Crippen LogP contribution < -0.4 is 0 Å². The Kier molecular flexibility index (Phi) is 1.42. The molecule has 1 nitrogen and oxygen atoms in total. The Bertz CT molecular complexity index is 117. The predicted molar refractivity (Wildman–Crippen MR) is 25.0 cm³/mol. The topological polar surface area (TPSA) is 12.5 Å². The molecule has 0 aromatic carbocycles. The van der Waals surface area contributed by atoms with E-state index in [1.807, 2.05) is 0 Å². The van der Waals surface area contributed by atoms with Crippen molar-refractivity contribution in [2.75, 3.05) is 0 Å². The Labute approximate surface area is 50.8 Å². The molecular formula is C5H7F3O. The van der Waals surface area contributed by atoms with Crippen LogP contribution in [0.15, 0.2) is 0 Å². The minimum Gasteiger partial charge on any atom is -0.330 e. The average Bonchev–Trinajstić information content (AvgIpc) is 2.44. The van der Waals surface area contributed by atoms with Crippen LogP contribution in [0.2, 0.25) is 0 Å². The van der Waals surface area contributed by atoms with Gasteiger partial charge in [-0.05, 0) is 6.42 Å². The first-order chi connectivity index (χ1) is 4.11. The first-order valence-corrected chi connectivity index (χ1v) is 2.76. The molecule has 1 aliphatic heterocycles. The lowest BCUT2D eigenvalue weighted by atomic mass is 10.2.